The van der Waals surface area contributed by atoms with Gasteiger partial charge in [-0.05, 0) is 81.0 Å². The number of piperidine rings is 1. The van der Waals surface area contributed by atoms with Crippen molar-refractivity contribution >= 4 is 15.7 Å². The van der Waals surface area contributed by atoms with Gasteiger partial charge in [-0.2, -0.15) is 4.31 Å². The summed E-state index contributed by atoms with van der Waals surface area (Å²) >= 11 is 0. The first kappa shape index (κ1) is 38.2. The average molecular weight is 711 g/mol. The quantitative estimate of drug-likeness (QED) is 0.167. The van der Waals surface area contributed by atoms with Gasteiger partial charge in [-0.25, -0.2) is 8.42 Å². The van der Waals surface area contributed by atoms with Crippen molar-refractivity contribution in [2.45, 2.75) is 82.3 Å². The Morgan fingerprint density at radius 1 is 1.02 bits per heavy atom. The van der Waals surface area contributed by atoms with Gasteiger partial charge in [0.2, 0.25) is 10.0 Å². The van der Waals surface area contributed by atoms with E-state index < -0.39 is 16.1 Å². The third kappa shape index (κ3) is 9.85. The molecule has 0 spiro atoms. The summed E-state index contributed by atoms with van der Waals surface area (Å²) in [7, 11) is -2.13. The lowest BCUT2D eigenvalue weighted by molar-refractivity contribution is -0.0225. The first-order valence-corrected chi connectivity index (χ1v) is 19.3. The van der Waals surface area contributed by atoms with E-state index in [-0.39, 0.29) is 36.1 Å². The summed E-state index contributed by atoms with van der Waals surface area (Å²) in [6.45, 7) is 10.9. The molecule has 2 heterocycles. The minimum absolute atomic E-state index is 0.0309. The smallest absolute Gasteiger partial charge is 0.243 e. The van der Waals surface area contributed by atoms with Gasteiger partial charge in [-0.1, -0.05) is 48.0 Å². The maximum atomic E-state index is 14.1. The zero-order valence-corrected chi connectivity index (χ0v) is 30.8. The molecule has 0 unspecified atom stereocenters. The van der Waals surface area contributed by atoms with Crippen LogP contribution in [0.15, 0.2) is 71.6 Å². The number of hydrogen-bond acceptors (Lipinski definition) is 9. The van der Waals surface area contributed by atoms with Crippen molar-refractivity contribution in [2.24, 2.45) is 0 Å². The molecule has 3 aromatic rings. The average Bonchev–Trinajstić information content (AvgIpc) is 3.12. The van der Waals surface area contributed by atoms with Crippen LogP contribution in [0.5, 0.6) is 5.75 Å². The zero-order valence-electron chi connectivity index (χ0n) is 30.0. The van der Waals surface area contributed by atoms with Crippen LogP contribution in [-0.4, -0.2) is 95.9 Å². The second-order valence-corrected chi connectivity index (χ2v) is 15.1. The van der Waals surface area contributed by atoms with E-state index >= 15 is 0 Å². The Morgan fingerprint density at radius 2 is 1.78 bits per heavy atom. The lowest BCUT2D eigenvalue weighted by Gasteiger charge is -2.43. The molecule has 0 aliphatic carbocycles. The molecule has 3 aromatic carbocycles. The topological polar surface area (TPSA) is 107 Å². The molecule has 1 saturated heterocycles. The molecule has 11 heteroatoms. The Balaban J connectivity index is 1.39. The molecule has 1 fully saturated rings. The van der Waals surface area contributed by atoms with Crippen LogP contribution in [0.3, 0.4) is 0 Å². The van der Waals surface area contributed by atoms with Crippen LogP contribution in [0.4, 0.5) is 5.69 Å². The van der Waals surface area contributed by atoms with E-state index in [0.29, 0.717) is 52.5 Å². The van der Waals surface area contributed by atoms with Crippen molar-refractivity contribution in [3.8, 4) is 5.75 Å². The number of aliphatic hydroxyl groups excluding tert-OH is 1. The van der Waals surface area contributed by atoms with Crippen molar-refractivity contribution in [3.63, 3.8) is 0 Å². The lowest BCUT2D eigenvalue weighted by Crippen LogP contribution is -2.52. The maximum Gasteiger partial charge on any atom is 0.243 e. The summed E-state index contributed by atoms with van der Waals surface area (Å²) in [6, 6.07) is 21.0. The summed E-state index contributed by atoms with van der Waals surface area (Å²) in [4.78, 5) is 2.57. The fourth-order valence-electron chi connectivity index (χ4n) is 6.87. The number of ether oxygens (including phenoxy) is 5. The summed E-state index contributed by atoms with van der Waals surface area (Å²) in [5.41, 5.74) is 5.13. The number of fused-ring (bicyclic) bond motifs is 1. The molecule has 4 atom stereocenters. The minimum atomic E-state index is -3.85. The molecule has 0 radical (unpaired) electrons. The predicted molar refractivity (Wildman–Crippen MR) is 194 cm³/mol. The number of methoxy groups -OCH3 is 1. The van der Waals surface area contributed by atoms with E-state index in [1.807, 2.05) is 45.0 Å². The SMILES string of the molecule is CCO[C@H](C)COCc1ccc([C@H]2C[C@H](CCO)N(S(=O)(=O)c3ccc(C)cc3)C[C@@H]2OCc2ccc3c(c2)N(CCCOC)CCO3)cc1. The molecule has 2 aliphatic heterocycles. The second kappa shape index (κ2) is 18.5. The van der Waals surface area contributed by atoms with E-state index in [0.717, 1.165) is 53.2 Å². The van der Waals surface area contributed by atoms with Crippen LogP contribution in [0.25, 0.3) is 0 Å². The van der Waals surface area contributed by atoms with Gasteiger partial charge in [0.15, 0.2) is 0 Å². The summed E-state index contributed by atoms with van der Waals surface area (Å²) < 4.78 is 59.2. The molecule has 0 bridgehead atoms. The number of nitrogens with zero attached hydrogens (tertiary/aromatic N) is 2. The highest BCUT2D eigenvalue weighted by Crippen LogP contribution is 2.39. The molecule has 50 heavy (non-hydrogen) atoms. The zero-order chi connectivity index (χ0) is 35.5. The first-order chi connectivity index (χ1) is 24.2. The largest absolute Gasteiger partial charge is 0.490 e. The van der Waals surface area contributed by atoms with Gasteiger partial charge in [0, 0.05) is 52.0 Å². The Labute approximate surface area is 298 Å². The molecule has 1 N–H and O–H groups in total. The number of rotatable bonds is 18. The van der Waals surface area contributed by atoms with Gasteiger partial charge in [-0.3, -0.25) is 0 Å². The van der Waals surface area contributed by atoms with E-state index in [9.17, 15) is 13.5 Å². The third-order valence-electron chi connectivity index (χ3n) is 9.54. The number of hydrogen-bond donors (Lipinski definition) is 1. The van der Waals surface area contributed by atoms with Crippen LogP contribution >= 0.6 is 0 Å². The molecule has 5 rings (SSSR count). The first-order valence-electron chi connectivity index (χ1n) is 17.8. The second-order valence-electron chi connectivity index (χ2n) is 13.3. The Kier molecular flexibility index (Phi) is 14.1. The summed E-state index contributed by atoms with van der Waals surface area (Å²) in [5, 5.41) is 10.1. The highest BCUT2D eigenvalue weighted by molar-refractivity contribution is 7.89. The van der Waals surface area contributed by atoms with Crippen LogP contribution in [0, 0.1) is 6.92 Å². The van der Waals surface area contributed by atoms with Crippen molar-refractivity contribution in [2.75, 3.05) is 64.7 Å². The van der Waals surface area contributed by atoms with Crippen molar-refractivity contribution in [3.05, 3.63) is 89.0 Å². The van der Waals surface area contributed by atoms with E-state index in [1.54, 1.807) is 23.5 Å². The fraction of sp³-hybridized carbons (Fsp3) is 0.538. The van der Waals surface area contributed by atoms with Gasteiger partial charge in [0.05, 0.1) is 49.2 Å². The summed E-state index contributed by atoms with van der Waals surface area (Å²) in [6.07, 6.45) is 1.37. The molecule has 0 aromatic heterocycles. The van der Waals surface area contributed by atoms with Crippen molar-refractivity contribution < 1.29 is 37.2 Å². The lowest BCUT2D eigenvalue weighted by atomic mass is 9.83. The van der Waals surface area contributed by atoms with Crippen LogP contribution in [0.1, 0.15) is 61.3 Å². The number of aliphatic hydroxyl groups is 1. The Bertz CT molecular complexity index is 1580. The van der Waals surface area contributed by atoms with Crippen molar-refractivity contribution in [1.29, 1.82) is 0 Å². The minimum Gasteiger partial charge on any atom is -0.490 e. The summed E-state index contributed by atoms with van der Waals surface area (Å²) in [5.74, 6) is 0.766. The highest BCUT2D eigenvalue weighted by atomic mass is 32.2. The van der Waals surface area contributed by atoms with Crippen LogP contribution < -0.4 is 9.64 Å². The number of aryl methyl sites for hydroxylation is 1. The molecule has 10 nitrogen and oxygen atoms in total. The molecule has 0 saturated carbocycles. The number of benzene rings is 3. The standard InChI is InChI=1S/C39H54N2O8S/c1-5-47-30(3)26-46-27-31-9-12-33(13-10-31)36-24-34(17-20-42)41(50(43,44)35-14-7-29(2)8-15-35)25-39(36)49-28-32-11-16-38-37(23-32)40(19-22-48-38)18-6-21-45-4/h7-16,23,30,34,36,39,42H,5-6,17-22,24-28H2,1-4H3/t30-,34+,36-,39+/m1/s1. The van der Waals surface area contributed by atoms with E-state index in [2.05, 4.69) is 35.2 Å². The number of sulfonamides is 1. The molecular formula is C39H54N2O8S. The third-order valence-corrected chi connectivity index (χ3v) is 11.5. The van der Waals surface area contributed by atoms with Gasteiger partial charge < -0.3 is 33.7 Å². The highest BCUT2D eigenvalue weighted by Gasteiger charge is 2.42. The van der Waals surface area contributed by atoms with E-state index in [4.69, 9.17) is 23.7 Å². The van der Waals surface area contributed by atoms with E-state index in [1.165, 1.54) is 0 Å². The molecule has 0 amide bonds. The number of anilines is 1. The van der Waals surface area contributed by atoms with Crippen LogP contribution in [0.2, 0.25) is 0 Å². The maximum absolute atomic E-state index is 14.1. The monoisotopic (exact) mass is 710 g/mol. The van der Waals surface area contributed by atoms with Gasteiger partial charge >= 0.3 is 0 Å². The Morgan fingerprint density at radius 3 is 2.50 bits per heavy atom. The van der Waals surface area contributed by atoms with Gasteiger partial charge in [0.1, 0.15) is 12.4 Å². The Hall–Kier alpha value is -3.03. The molecular weight excluding hydrogens is 657 g/mol. The molecule has 274 valence electrons. The van der Waals surface area contributed by atoms with Crippen molar-refractivity contribution in [1.82, 2.24) is 4.31 Å². The normalized spacial score (nSPS) is 20.3. The fourth-order valence-corrected chi connectivity index (χ4v) is 8.54. The van der Waals surface area contributed by atoms with Crippen LogP contribution in [-0.2, 0) is 42.2 Å². The van der Waals surface area contributed by atoms with Gasteiger partial charge in [0.25, 0.3) is 0 Å². The molecule has 2 aliphatic rings. The van der Waals surface area contributed by atoms with Gasteiger partial charge in [-0.15, -0.1) is 0 Å². The predicted octanol–water partition coefficient (Wildman–Crippen LogP) is 5.69.